The number of benzene rings is 2. The molecule has 1 aliphatic heterocycles. The Morgan fingerprint density at radius 1 is 1.06 bits per heavy atom. The first-order valence-corrected chi connectivity index (χ1v) is 10.7. The number of furan rings is 1. The van der Waals surface area contributed by atoms with Gasteiger partial charge in [0.2, 0.25) is 5.72 Å². The number of hydrogen-bond acceptors (Lipinski definition) is 4. The number of aliphatic hydroxyl groups is 1. The summed E-state index contributed by atoms with van der Waals surface area (Å²) in [6, 6.07) is 12.0. The number of halogens is 5. The van der Waals surface area contributed by atoms with Crippen molar-refractivity contribution in [2.75, 3.05) is 0 Å². The van der Waals surface area contributed by atoms with Gasteiger partial charge in [-0.2, -0.15) is 13.2 Å². The zero-order valence-electron chi connectivity index (χ0n) is 16.5. The predicted octanol–water partition coefficient (Wildman–Crippen LogP) is 5.47. The Bertz CT molecular complexity index is 1200. The fourth-order valence-corrected chi connectivity index (χ4v) is 4.05. The maximum absolute atomic E-state index is 14.0. The van der Waals surface area contributed by atoms with E-state index in [9.17, 15) is 27.9 Å². The Morgan fingerprint density at radius 2 is 1.70 bits per heavy atom. The highest BCUT2D eigenvalue weighted by Crippen LogP contribution is 2.44. The van der Waals surface area contributed by atoms with E-state index in [1.165, 1.54) is 41.7 Å². The molecule has 4 rings (SSSR count). The lowest BCUT2D eigenvalue weighted by Crippen LogP contribution is -2.72. The summed E-state index contributed by atoms with van der Waals surface area (Å²) >= 11 is 9.13. The molecule has 0 bridgehead atoms. The fourth-order valence-electron chi connectivity index (χ4n) is 3.66. The van der Waals surface area contributed by atoms with Gasteiger partial charge in [0.25, 0.3) is 0 Å². The van der Waals surface area contributed by atoms with Crippen LogP contribution in [0.2, 0.25) is 5.02 Å². The summed E-state index contributed by atoms with van der Waals surface area (Å²) in [4.78, 5) is 25.4. The second-order valence-corrected chi connectivity index (χ2v) is 8.75. The molecule has 11 heteroatoms. The maximum Gasteiger partial charge on any atom is 0.437 e. The van der Waals surface area contributed by atoms with E-state index in [0.717, 1.165) is 4.47 Å². The molecule has 0 aliphatic carbocycles. The highest BCUT2D eigenvalue weighted by atomic mass is 79.9. The van der Waals surface area contributed by atoms with Crippen LogP contribution in [0.4, 0.5) is 18.0 Å². The smallest absolute Gasteiger partial charge is 0.437 e. The van der Waals surface area contributed by atoms with E-state index in [4.69, 9.17) is 16.0 Å². The number of Topliss-reactive ketones (excluding diaryl/α,β-unsaturated/α-hetero) is 1. The number of carbonyl (C=O) groups excluding carboxylic acids is 2. The van der Waals surface area contributed by atoms with Crippen molar-refractivity contribution in [1.82, 2.24) is 10.6 Å². The molecular weight excluding hydrogens is 529 g/mol. The summed E-state index contributed by atoms with van der Waals surface area (Å²) in [5.41, 5.74) is -3.35. The number of ketones is 1. The van der Waals surface area contributed by atoms with Gasteiger partial charge >= 0.3 is 12.2 Å². The highest BCUT2D eigenvalue weighted by molar-refractivity contribution is 9.10. The van der Waals surface area contributed by atoms with Gasteiger partial charge in [0.1, 0.15) is 23.5 Å². The molecule has 0 spiro atoms. The number of amides is 2. The summed E-state index contributed by atoms with van der Waals surface area (Å²) in [5.74, 6) is -3.08. The highest BCUT2D eigenvalue weighted by Gasteiger charge is 2.66. The standard InChI is InChI=1S/C22H15BrClF3N2O4/c23-13-5-1-11(2-6-13)15-9-10-16(33-15)18-17(19(30)12-3-7-14(24)8-4-12)21(32,22(25,26)27)29-20(31)28-18/h1-10,17-18,32H,(H2,28,29,31)/t17-,18-,21-/m1/s1. The summed E-state index contributed by atoms with van der Waals surface area (Å²) in [6.07, 6.45) is -5.36. The molecule has 172 valence electrons. The van der Waals surface area contributed by atoms with Crippen molar-refractivity contribution in [1.29, 1.82) is 0 Å². The van der Waals surface area contributed by atoms with Crippen molar-refractivity contribution in [3.05, 3.63) is 81.5 Å². The van der Waals surface area contributed by atoms with Gasteiger partial charge < -0.3 is 20.2 Å². The number of alkyl halides is 3. The molecule has 2 heterocycles. The van der Waals surface area contributed by atoms with Gasteiger partial charge in [-0.15, -0.1) is 0 Å². The summed E-state index contributed by atoms with van der Waals surface area (Å²) in [7, 11) is 0. The Morgan fingerprint density at radius 3 is 2.30 bits per heavy atom. The molecule has 1 saturated heterocycles. The second kappa shape index (κ2) is 8.51. The van der Waals surface area contributed by atoms with Crippen LogP contribution in [-0.2, 0) is 0 Å². The van der Waals surface area contributed by atoms with Crippen molar-refractivity contribution >= 4 is 39.3 Å². The van der Waals surface area contributed by atoms with Gasteiger partial charge in [0, 0.05) is 20.6 Å². The molecule has 6 nitrogen and oxygen atoms in total. The van der Waals surface area contributed by atoms with Crippen LogP contribution in [-0.4, -0.2) is 28.8 Å². The van der Waals surface area contributed by atoms with Gasteiger partial charge in [-0.1, -0.05) is 39.7 Å². The summed E-state index contributed by atoms with van der Waals surface area (Å²) in [5, 5.41) is 14.7. The van der Waals surface area contributed by atoms with Gasteiger partial charge in [-0.05, 0) is 48.5 Å². The Labute approximate surface area is 198 Å². The molecular formula is C22H15BrClF3N2O4. The monoisotopic (exact) mass is 542 g/mol. The van der Waals surface area contributed by atoms with Crippen LogP contribution >= 0.6 is 27.5 Å². The molecule has 3 atom stereocenters. The predicted molar refractivity (Wildman–Crippen MR) is 117 cm³/mol. The van der Waals surface area contributed by atoms with Crippen LogP contribution in [0, 0.1) is 5.92 Å². The van der Waals surface area contributed by atoms with Gasteiger partial charge in [0.05, 0.1) is 0 Å². The zero-order chi connectivity index (χ0) is 24.0. The van der Waals surface area contributed by atoms with Gasteiger partial charge in [0.15, 0.2) is 5.78 Å². The topological polar surface area (TPSA) is 91.6 Å². The van der Waals surface area contributed by atoms with E-state index in [2.05, 4.69) is 21.2 Å². The van der Waals surface area contributed by atoms with Crippen LogP contribution in [0.25, 0.3) is 11.3 Å². The van der Waals surface area contributed by atoms with E-state index in [1.54, 1.807) is 24.3 Å². The van der Waals surface area contributed by atoms with E-state index < -0.39 is 35.7 Å². The first kappa shape index (κ1) is 23.3. The Kier molecular flexibility index (Phi) is 6.02. The lowest BCUT2D eigenvalue weighted by Gasteiger charge is -2.44. The number of carbonyl (C=O) groups is 2. The maximum atomic E-state index is 14.0. The largest absolute Gasteiger partial charge is 0.459 e. The van der Waals surface area contributed by atoms with E-state index in [-0.39, 0.29) is 16.3 Å². The third-order valence-electron chi connectivity index (χ3n) is 5.28. The van der Waals surface area contributed by atoms with Gasteiger partial charge in [-0.25, -0.2) is 4.79 Å². The molecule has 1 fully saturated rings. The van der Waals surface area contributed by atoms with Crippen molar-refractivity contribution in [2.24, 2.45) is 5.92 Å². The number of nitrogens with one attached hydrogen (secondary N) is 2. The van der Waals surface area contributed by atoms with Crippen LogP contribution in [0.3, 0.4) is 0 Å². The lowest BCUT2D eigenvalue weighted by molar-refractivity contribution is -0.288. The minimum Gasteiger partial charge on any atom is -0.459 e. The lowest BCUT2D eigenvalue weighted by atomic mass is 9.79. The van der Waals surface area contributed by atoms with Crippen LogP contribution in [0.1, 0.15) is 22.2 Å². The Hall–Kier alpha value is -2.82. The Balaban J connectivity index is 1.80. The first-order chi connectivity index (χ1) is 15.5. The average molecular weight is 544 g/mol. The van der Waals surface area contributed by atoms with Crippen molar-refractivity contribution in [3.63, 3.8) is 0 Å². The van der Waals surface area contributed by atoms with E-state index >= 15 is 0 Å². The van der Waals surface area contributed by atoms with E-state index in [1.807, 2.05) is 0 Å². The number of hydrogen-bond donors (Lipinski definition) is 3. The summed E-state index contributed by atoms with van der Waals surface area (Å²) < 4.78 is 48.5. The number of rotatable bonds is 4. The van der Waals surface area contributed by atoms with Crippen molar-refractivity contribution in [3.8, 4) is 11.3 Å². The van der Waals surface area contributed by atoms with Crippen molar-refractivity contribution < 1.29 is 32.3 Å². The molecule has 2 amide bonds. The SMILES string of the molecule is O=C1N[C@H](c2ccc(-c3ccc(Br)cc3)o2)[C@H](C(=O)c2ccc(Cl)cc2)[C@@](O)(C(F)(F)F)N1. The van der Waals surface area contributed by atoms with Crippen LogP contribution in [0.5, 0.6) is 0 Å². The molecule has 0 unspecified atom stereocenters. The minimum atomic E-state index is -5.36. The molecule has 0 saturated carbocycles. The zero-order valence-corrected chi connectivity index (χ0v) is 18.8. The summed E-state index contributed by atoms with van der Waals surface area (Å²) in [6.45, 7) is 0. The normalized spacial score (nSPS) is 23.0. The second-order valence-electron chi connectivity index (χ2n) is 7.40. The average Bonchev–Trinajstić information content (AvgIpc) is 3.23. The minimum absolute atomic E-state index is 0.127. The fraction of sp³-hybridized carbons (Fsp3) is 0.182. The molecule has 33 heavy (non-hydrogen) atoms. The van der Waals surface area contributed by atoms with E-state index in [0.29, 0.717) is 11.3 Å². The third-order valence-corrected chi connectivity index (χ3v) is 6.06. The number of urea groups is 1. The third kappa shape index (κ3) is 4.38. The molecule has 3 N–H and O–H groups in total. The molecule has 1 aliphatic rings. The van der Waals surface area contributed by atoms with Crippen LogP contribution < -0.4 is 10.6 Å². The molecule has 2 aromatic carbocycles. The van der Waals surface area contributed by atoms with Crippen LogP contribution in [0.15, 0.2) is 69.6 Å². The van der Waals surface area contributed by atoms with Gasteiger partial charge in [-0.3, -0.25) is 4.79 Å². The molecule has 1 aromatic heterocycles. The quantitative estimate of drug-likeness (QED) is 0.381. The molecule has 3 aromatic rings. The first-order valence-electron chi connectivity index (χ1n) is 9.53. The van der Waals surface area contributed by atoms with Crippen molar-refractivity contribution in [2.45, 2.75) is 17.9 Å². The molecule has 0 radical (unpaired) electrons.